The molecule has 0 fully saturated rings. The lowest BCUT2D eigenvalue weighted by atomic mass is 10.0. The van der Waals surface area contributed by atoms with Crippen molar-refractivity contribution in [2.75, 3.05) is 32.1 Å². The lowest BCUT2D eigenvalue weighted by Gasteiger charge is -2.30. The fraction of sp³-hybridized carbons (Fsp3) is 0.389. The number of primary amides is 1. The number of aromatic nitrogens is 2. The fourth-order valence-corrected chi connectivity index (χ4v) is 3.05. The van der Waals surface area contributed by atoms with Gasteiger partial charge < -0.3 is 15.4 Å². The van der Waals surface area contributed by atoms with Gasteiger partial charge in [-0.1, -0.05) is 12.1 Å². The Morgan fingerprint density at radius 3 is 2.96 bits per heavy atom. The van der Waals surface area contributed by atoms with Crippen molar-refractivity contribution in [2.24, 2.45) is 5.73 Å². The van der Waals surface area contributed by atoms with Crippen molar-refractivity contribution in [1.29, 1.82) is 0 Å². The molecule has 0 unspecified atom stereocenters. The van der Waals surface area contributed by atoms with Gasteiger partial charge in [-0.3, -0.25) is 9.69 Å². The van der Waals surface area contributed by atoms with Crippen molar-refractivity contribution in [2.45, 2.75) is 19.5 Å². The number of rotatable bonds is 6. The fourth-order valence-electron chi connectivity index (χ4n) is 3.05. The second kappa shape index (κ2) is 7.48. The molecule has 25 heavy (non-hydrogen) atoms. The highest BCUT2D eigenvalue weighted by Crippen LogP contribution is 2.26. The molecule has 1 aromatic carbocycles. The summed E-state index contributed by atoms with van der Waals surface area (Å²) in [5.41, 5.74) is 8.58. The molecular weight excluding hydrogens is 318 g/mol. The second-order valence-corrected chi connectivity index (χ2v) is 6.38. The molecule has 0 bridgehead atoms. The van der Waals surface area contributed by atoms with Crippen molar-refractivity contribution >= 4 is 11.7 Å². The van der Waals surface area contributed by atoms with E-state index in [1.54, 1.807) is 6.33 Å². The number of benzene rings is 1. The van der Waals surface area contributed by atoms with Crippen LogP contribution in [0.4, 0.5) is 5.82 Å². The number of amides is 1. The standard InChI is InChI=1S/C18H23N5O2/c1-22(2)18-15-10-23(7-6-16(15)20-12-21-18)9-13-4-3-5-14(8-13)25-11-17(19)24/h3-5,8,12H,6-7,9-11H2,1-2H3,(H2,19,24). The molecule has 2 N–H and O–H groups in total. The summed E-state index contributed by atoms with van der Waals surface area (Å²) < 4.78 is 5.38. The number of carbonyl (C=O) groups is 1. The zero-order valence-corrected chi connectivity index (χ0v) is 14.6. The van der Waals surface area contributed by atoms with E-state index in [9.17, 15) is 4.79 Å². The smallest absolute Gasteiger partial charge is 0.255 e. The second-order valence-electron chi connectivity index (χ2n) is 6.38. The molecule has 1 aliphatic rings. The minimum absolute atomic E-state index is 0.107. The Balaban J connectivity index is 1.71. The summed E-state index contributed by atoms with van der Waals surface area (Å²) in [6.07, 6.45) is 2.56. The number of carbonyl (C=O) groups excluding carboxylic acids is 1. The summed E-state index contributed by atoms with van der Waals surface area (Å²) in [4.78, 5) is 24.1. The average Bonchev–Trinajstić information content (AvgIpc) is 2.59. The Kier molecular flexibility index (Phi) is 5.14. The number of fused-ring (bicyclic) bond motifs is 1. The zero-order chi connectivity index (χ0) is 17.8. The predicted octanol–water partition coefficient (Wildman–Crippen LogP) is 0.965. The first-order valence-corrected chi connectivity index (χ1v) is 8.25. The van der Waals surface area contributed by atoms with Crippen molar-refractivity contribution in [3.8, 4) is 5.75 Å². The molecule has 1 aliphatic heterocycles. The molecule has 1 aromatic heterocycles. The number of ether oxygens (including phenoxy) is 1. The van der Waals surface area contributed by atoms with Crippen LogP contribution < -0.4 is 15.4 Å². The number of hydrogen-bond acceptors (Lipinski definition) is 6. The van der Waals surface area contributed by atoms with E-state index in [4.69, 9.17) is 10.5 Å². The highest BCUT2D eigenvalue weighted by molar-refractivity contribution is 5.75. The maximum Gasteiger partial charge on any atom is 0.255 e. The monoisotopic (exact) mass is 341 g/mol. The number of hydrogen-bond donors (Lipinski definition) is 1. The first kappa shape index (κ1) is 17.2. The van der Waals surface area contributed by atoms with Crippen LogP contribution in [0, 0.1) is 0 Å². The quantitative estimate of drug-likeness (QED) is 0.843. The first-order chi connectivity index (χ1) is 12.0. The predicted molar refractivity (Wildman–Crippen MR) is 95.3 cm³/mol. The Morgan fingerprint density at radius 2 is 2.20 bits per heavy atom. The van der Waals surface area contributed by atoms with Crippen molar-refractivity contribution in [3.63, 3.8) is 0 Å². The van der Waals surface area contributed by atoms with Gasteiger partial charge in [0.1, 0.15) is 17.9 Å². The van der Waals surface area contributed by atoms with E-state index in [0.29, 0.717) is 5.75 Å². The highest BCUT2D eigenvalue weighted by Gasteiger charge is 2.22. The molecule has 0 atom stereocenters. The minimum atomic E-state index is -0.478. The first-order valence-electron chi connectivity index (χ1n) is 8.25. The van der Waals surface area contributed by atoms with Gasteiger partial charge in [0.05, 0.1) is 5.69 Å². The third kappa shape index (κ3) is 4.24. The van der Waals surface area contributed by atoms with E-state index in [1.165, 1.54) is 5.56 Å². The molecule has 0 radical (unpaired) electrons. The van der Waals surface area contributed by atoms with Crippen LogP contribution >= 0.6 is 0 Å². The van der Waals surface area contributed by atoms with Gasteiger partial charge in [0, 0.05) is 45.7 Å². The molecular formula is C18H23N5O2. The summed E-state index contributed by atoms with van der Waals surface area (Å²) in [6, 6.07) is 7.77. The van der Waals surface area contributed by atoms with Gasteiger partial charge in [0.25, 0.3) is 5.91 Å². The number of nitrogens with two attached hydrogens (primary N) is 1. The molecule has 1 amide bonds. The molecule has 2 aromatic rings. The van der Waals surface area contributed by atoms with E-state index in [2.05, 4.69) is 20.9 Å². The third-order valence-electron chi connectivity index (χ3n) is 4.17. The van der Waals surface area contributed by atoms with Gasteiger partial charge >= 0.3 is 0 Å². The largest absolute Gasteiger partial charge is 0.484 e. The van der Waals surface area contributed by atoms with Crippen LogP contribution in [0.15, 0.2) is 30.6 Å². The Bertz CT molecular complexity index is 763. The molecule has 0 aliphatic carbocycles. The molecule has 0 saturated heterocycles. The van der Waals surface area contributed by atoms with Crippen LogP contribution in [-0.2, 0) is 24.3 Å². The molecule has 7 heteroatoms. The van der Waals surface area contributed by atoms with Crippen LogP contribution in [0.2, 0.25) is 0 Å². The minimum Gasteiger partial charge on any atom is -0.484 e. The van der Waals surface area contributed by atoms with Crippen LogP contribution in [0.25, 0.3) is 0 Å². The van der Waals surface area contributed by atoms with E-state index >= 15 is 0 Å². The molecule has 3 rings (SSSR count). The van der Waals surface area contributed by atoms with Crippen molar-refractivity contribution in [1.82, 2.24) is 14.9 Å². The van der Waals surface area contributed by atoms with E-state index < -0.39 is 5.91 Å². The van der Waals surface area contributed by atoms with Crippen molar-refractivity contribution in [3.05, 3.63) is 47.4 Å². The van der Waals surface area contributed by atoms with Crippen LogP contribution in [-0.4, -0.2) is 48.0 Å². The molecule has 132 valence electrons. The van der Waals surface area contributed by atoms with Crippen molar-refractivity contribution < 1.29 is 9.53 Å². The zero-order valence-electron chi connectivity index (χ0n) is 14.6. The Morgan fingerprint density at radius 1 is 1.36 bits per heavy atom. The summed E-state index contributed by atoms with van der Waals surface area (Å²) in [6.45, 7) is 2.46. The normalized spacial score (nSPS) is 14.0. The van der Waals surface area contributed by atoms with E-state index in [-0.39, 0.29) is 6.61 Å². The lowest BCUT2D eigenvalue weighted by molar-refractivity contribution is -0.119. The van der Waals surface area contributed by atoms with Gasteiger partial charge in [-0.2, -0.15) is 0 Å². The van der Waals surface area contributed by atoms with Gasteiger partial charge in [0.15, 0.2) is 6.61 Å². The highest BCUT2D eigenvalue weighted by atomic mass is 16.5. The van der Waals surface area contributed by atoms with E-state index in [0.717, 1.165) is 43.1 Å². The summed E-state index contributed by atoms with van der Waals surface area (Å²) >= 11 is 0. The summed E-state index contributed by atoms with van der Waals surface area (Å²) in [7, 11) is 4.00. The number of anilines is 1. The van der Waals surface area contributed by atoms with Crippen LogP contribution in [0.5, 0.6) is 5.75 Å². The SMILES string of the molecule is CN(C)c1ncnc2c1CN(Cc1cccc(OCC(N)=O)c1)CC2. The summed E-state index contributed by atoms with van der Waals surface area (Å²) in [5.74, 6) is 1.16. The van der Waals surface area contributed by atoms with E-state index in [1.807, 2.05) is 37.2 Å². The van der Waals surface area contributed by atoms with Gasteiger partial charge in [-0.15, -0.1) is 0 Å². The van der Waals surface area contributed by atoms with Crippen LogP contribution in [0.3, 0.4) is 0 Å². The Labute approximate surface area is 147 Å². The maximum atomic E-state index is 10.9. The lowest BCUT2D eigenvalue weighted by Crippen LogP contribution is -2.32. The molecule has 7 nitrogen and oxygen atoms in total. The molecule has 0 spiro atoms. The van der Waals surface area contributed by atoms with Crippen LogP contribution in [0.1, 0.15) is 16.8 Å². The Hall–Kier alpha value is -2.67. The van der Waals surface area contributed by atoms with Gasteiger partial charge in [-0.05, 0) is 17.7 Å². The molecule has 0 saturated carbocycles. The third-order valence-corrected chi connectivity index (χ3v) is 4.17. The van der Waals surface area contributed by atoms with Gasteiger partial charge in [-0.25, -0.2) is 9.97 Å². The topological polar surface area (TPSA) is 84.6 Å². The maximum absolute atomic E-state index is 10.9. The van der Waals surface area contributed by atoms with Gasteiger partial charge in [0.2, 0.25) is 0 Å². The summed E-state index contributed by atoms with van der Waals surface area (Å²) in [5, 5.41) is 0. The number of nitrogens with zero attached hydrogens (tertiary/aromatic N) is 4. The molecule has 2 heterocycles. The average molecular weight is 341 g/mol.